The molecular weight excluding hydrogens is 474 g/mol. The van der Waals surface area contributed by atoms with Crippen molar-refractivity contribution in [1.29, 1.82) is 5.26 Å². The minimum Gasteiger partial charge on any atom is -0.432 e. The molecule has 15 heteroatoms. The largest absolute Gasteiger partial charge is 0.432 e. The number of rotatable bonds is 3. The van der Waals surface area contributed by atoms with Gasteiger partial charge >= 0.3 is 16.4 Å². The summed E-state index contributed by atoms with van der Waals surface area (Å²) in [6.45, 7) is 1.82. The Morgan fingerprint density at radius 2 is 1.91 bits per heavy atom. The summed E-state index contributed by atoms with van der Waals surface area (Å²) >= 11 is 0. The maximum absolute atomic E-state index is 12.8. The van der Waals surface area contributed by atoms with E-state index < -0.39 is 45.9 Å². The molecule has 2 fully saturated rings. The molecule has 2 aliphatic rings. The first kappa shape index (κ1) is 25.7. The molecule has 2 aromatic rings. The Hall–Kier alpha value is -2.87. The third-order valence-electron chi connectivity index (χ3n) is 6.02. The normalized spacial score (nSPS) is 28.5. The lowest BCUT2D eigenvalue weighted by molar-refractivity contribution is -0.206. The van der Waals surface area contributed by atoms with Crippen molar-refractivity contribution >= 4 is 27.7 Å². The highest BCUT2D eigenvalue weighted by Crippen LogP contribution is 2.43. The Balaban J connectivity index is 0.000000588. The lowest BCUT2D eigenvalue weighted by Crippen LogP contribution is -2.41. The average molecular weight is 500 g/mol. The topological polar surface area (TPSA) is 231 Å². The van der Waals surface area contributed by atoms with Crippen molar-refractivity contribution < 1.29 is 42.0 Å². The first-order valence-electron chi connectivity index (χ1n) is 10.3. The van der Waals surface area contributed by atoms with Crippen LogP contribution in [0.25, 0.3) is 5.52 Å². The van der Waals surface area contributed by atoms with Gasteiger partial charge in [0, 0.05) is 0 Å². The van der Waals surface area contributed by atoms with E-state index in [0.29, 0.717) is 18.4 Å². The summed E-state index contributed by atoms with van der Waals surface area (Å²) in [4.78, 5) is 16.6. The van der Waals surface area contributed by atoms with Crippen molar-refractivity contribution in [3.05, 3.63) is 24.2 Å². The zero-order chi connectivity index (χ0) is 25.3. The SMILES string of the molecule is CC1(C(=O)O[C@H]2O[C@@](C#N)(c3ccc4c(N)ncnn34)[C@H](O)[C@@H]2O)CCCCC1.O=S(=O)(O)O. The molecule has 1 saturated carbocycles. The van der Waals surface area contributed by atoms with E-state index in [1.54, 1.807) is 6.07 Å². The summed E-state index contributed by atoms with van der Waals surface area (Å²) in [7, 11) is -4.67. The second kappa shape index (κ2) is 9.41. The Kier molecular flexibility index (Phi) is 7.12. The second-order valence-corrected chi connectivity index (χ2v) is 9.30. The number of anilines is 1. The smallest absolute Gasteiger partial charge is 0.394 e. The third kappa shape index (κ3) is 4.97. The predicted octanol–water partition coefficient (Wildman–Crippen LogP) is -0.0307. The minimum atomic E-state index is -4.67. The van der Waals surface area contributed by atoms with Gasteiger partial charge in [-0.1, -0.05) is 19.3 Å². The molecule has 14 nitrogen and oxygen atoms in total. The highest BCUT2D eigenvalue weighted by Gasteiger charge is 2.59. The van der Waals surface area contributed by atoms with Crippen LogP contribution in [0.4, 0.5) is 5.82 Å². The van der Waals surface area contributed by atoms with Gasteiger partial charge in [-0.15, -0.1) is 0 Å². The van der Waals surface area contributed by atoms with E-state index in [0.717, 1.165) is 19.3 Å². The van der Waals surface area contributed by atoms with Crippen molar-refractivity contribution in [2.45, 2.75) is 63.1 Å². The molecule has 0 aromatic carbocycles. The monoisotopic (exact) mass is 499 g/mol. The molecule has 0 unspecified atom stereocenters. The molecular formula is C19H25N5O9S. The van der Waals surface area contributed by atoms with E-state index >= 15 is 0 Å². The molecule has 0 amide bonds. The van der Waals surface area contributed by atoms with Gasteiger partial charge in [-0.05, 0) is 31.9 Å². The molecule has 2 aromatic heterocycles. The molecule has 4 atom stereocenters. The lowest BCUT2D eigenvalue weighted by Gasteiger charge is -2.32. The summed E-state index contributed by atoms with van der Waals surface area (Å²) in [5, 5.41) is 35.1. The number of fused-ring (bicyclic) bond motifs is 1. The molecule has 4 rings (SSSR count). The van der Waals surface area contributed by atoms with Crippen LogP contribution in [0.15, 0.2) is 18.5 Å². The molecule has 0 spiro atoms. The van der Waals surface area contributed by atoms with Gasteiger partial charge in [-0.2, -0.15) is 18.8 Å². The number of carbonyl (C=O) groups excluding carboxylic acids is 1. The van der Waals surface area contributed by atoms with Crippen LogP contribution in [-0.2, 0) is 30.3 Å². The van der Waals surface area contributed by atoms with Gasteiger partial charge in [-0.3, -0.25) is 13.9 Å². The summed E-state index contributed by atoms with van der Waals surface area (Å²) < 4.78 is 44.0. The van der Waals surface area contributed by atoms with Crippen molar-refractivity contribution in [3.63, 3.8) is 0 Å². The van der Waals surface area contributed by atoms with Gasteiger partial charge in [-0.25, -0.2) is 9.50 Å². The van der Waals surface area contributed by atoms with Crippen molar-refractivity contribution in [1.82, 2.24) is 14.6 Å². The van der Waals surface area contributed by atoms with Crippen LogP contribution >= 0.6 is 0 Å². The first-order chi connectivity index (χ1) is 15.8. The second-order valence-electron chi connectivity index (χ2n) is 8.40. The van der Waals surface area contributed by atoms with Crippen LogP contribution in [-0.4, -0.2) is 66.8 Å². The highest BCUT2D eigenvalue weighted by atomic mass is 32.3. The first-order valence-corrected chi connectivity index (χ1v) is 11.7. The van der Waals surface area contributed by atoms with Crippen LogP contribution in [0.2, 0.25) is 0 Å². The third-order valence-corrected chi connectivity index (χ3v) is 6.02. The van der Waals surface area contributed by atoms with Crippen LogP contribution in [0, 0.1) is 16.7 Å². The van der Waals surface area contributed by atoms with Gasteiger partial charge < -0.3 is 25.4 Å². The molecule has 34 heavy (non-hydrogen) atoms. The average Bonchev–Trinajstić information content (AvgIpc) is 3.30. The van der Waals surface area contributed by atoms with Crippen LogP contribution in [0.5, 0.6) is 0 Å². The predicted molar refractivity (Wildman–Crippen MR) is 113 cm³/mol. The van der Waals surface area contributed by atoms with E-state index in [9.17, 15) is 20.3 Å². The number of nitrogens with two attached hydrogens (primary N) is 1. The van der Waals surface area contributed by atoms with Gasteiger partial charge in [0.2, 0.25) is 11.9 Å². The van der Waals surface area contributed by atoms with E-state index in [1.165, 1.54) is 16.9 Å². The van der Waals surface area contributed by atoms with E-state index in [1.807, 2.05) is 13.0 Å². The molecule has 0 radical (unpaired) electrons. The molecule has 0 bridgehead atoms. The Morgan fingerprint density at radius 1 is 1.29 bits per heavy atom. The number of aliphatic hydroxyl groups is 2. The molecule has 6 N–H and O–H groups in total. The molecule has 1 saturated heterocycles. The number of nitrogens with zero attached hydrogens (tertiary/aromatic N) is 4. The van der Waals surface area contributed by atoms with Gasteiger partial charge in [0.25, 0.3) is 0 Å². The fourth-order valence-corrected chi connectivity index (χ4v) is 4.19. The van der Waals surface area contributed by atoms with Gasteiger partial charge in [0.05, 0.1) is 11.1 Å². The van der Waals surface area contributed by atoms with Gasteiger partial charge in [0.15, 0.2) is 5.82 Å². The Morgan fingerprint density at radius 3 is 2.50 bits per heavy atom. The molecule has 1 aliphatic heterocycles. The van der Waals surface area contributed by atoms with E-state index in [2.05, 4.69) is 10.1 Å². The summed E-state index contributed by atoms with van der Waals surface area (Å²) in [6, 6.07) is 5.00. The molecule has 3 heterocycles. The number of hydrogen-bond acceptors (Lipinski definition) is 11. The number of aromatic nitrogens is 3. The highest BCUT2D eigenvalue weighted by molar-refractivity contribution is 7.79. The number of nitrogen functional groups attached to an aromatic ring is 1. The zero-order valence-corrected chi connectivity index (χ0v) is 18.9. The summed E-state index contributed by atoms with van der Waals surface area (Å²) in [6.07, 6.45) is 0.711. The maximum atomic E-state index is 12.8. The quantitative estimate of drug-likeness (QED) is 0.276. The Labute approximate surface area is 194 Å². The number of carbonyl (C=O) groups is 1. The maximum Gasteiger partial charge on any atom is 0.394 e. The van der Waals surface area contributed by atoms with Crippen molar-refractivity contribution in [2.75, 3.05) is 5.73 Å². The zero-order valence-electron chi connectivity index (χ0n) is 18.1. The molecule has 186 valence electrons. The number of aliphatic hydroxyl groups excluding tert-OH is 2. The van der Waals surface area contributed by atoms with Crippen LogP contribution in [0.1, 0.15) is 44.7 Å². The number of nitriles is 1. The number of hydrogen-bond donors (Lipinski definition) is 5. The standard InChI is InChI=1S/C19H23N5O5.H2O4S/c1-18(7-3-2-4-8-18)17(27)28-16-13(25)14(26)19(9-20,29-16)12-6-5-11-15(21)22-10-23-24(11)12;1-5(2,3)4/h5-6,10,13-14,16,25-26H,2-4,7-8H2,1H3,(H2,21,22,23);(H2,1,2,3,4)/t13-,14+,16-,19-;/m0./s1. The molecule has 1 aliphatic carbocycles. The minimum absolute atomic E-state index is 0.151. The number of ether oxygens (including phenoxy) is 2. The van der Waals surface area contributed by atoms with E-state index in [-0.39, 0.29) is 11.5 Å². The fourth-order valence-electron chi connectivity index (χ4n) is 4.19. The van der Waals surface area contributed by atoms with E-state index in [4.69, 9.17) is 32.7 Å². The van der Waals surface area contributed by atoms with Crippen molar-refractivity contribution in [2.24, 2.45) is 5.41 Å². The fraction of sp³-hybridized carbons (Fsp3) is 0.579. The Bertz CT molecular complexity index is 1200. The van der Waals surface area contributed by atoms with Crippen LogP contribution < -0.4 is 5.73 Å². The van der Waals surface area contributed by atoms with Gasteiger partial charge in [0.1, 0.15) is 30.1 Å². The number of esters is 1. The summed E-state index contributed by atoms with van der Waals surface area (Å²) in [5.74, 6) is -0.325. The van der Waals surface area contributed by atoms with Crippen molar-refractivity contribution in [3.8, 4) is 6.07 Å². The summed E-state index contributed by atoms with van der Waals surface area (Å²) in [5.41, 5.74) is 3.73. The lowest BCUT2D eigenvalue weighted by atomic mass is 9.76. The van der Waals surface area contributed by atoms with Crippen LogP contribution in [0.3, 0.4) is 0 Å².